The van der Waals surface area contributed by atoms with E-state index >= 15 is 0 Å². The SMILES string of the molecule is [B]c1ccc(SC2CCCC2)cc1. The summed E-state index contributed by atoms with van der Waals surface area (Å²) in [5.41, 5.74) is 0.857. The van der Waals surface area contributed by atoms with E-state index in [0.717, 1.165) is 10.7 Å². The maximum absolute atomic E-state index is 5.63. The van der Waals surface area contributed by atoms with Crippen molar-refractivity contribution in [1.82, 2.24) is 0 Å². The molecule has 0 nitrogen and oxygen atoms in total. The molecule has 0 aliphatic heterocycles. The standard InChI is InChI=1S/C11H13BS/c12-9-5-7-11(8-6-9)13-10-3-1-2-4-10/h5-8,10H,1-4H2. The predicted molar refractivity (Wildman–Crippen MR) is 59.9 cm³/mol. The lowest BCUT2D eigenvalue weighted by Gasteiger charge is -2.08. The monoisotopic (exact) mass is 188 g/mol. The van der Waals surface area contributed by atoms with E-state index in [2.05, 4.69) is 12.1 Å². The highest BCUT2D eigenvalue weighted by atomic mass is 32.2. The second kappa shape index (κ2) is 4.23. The predicted octanol–water partition coefficient (Wildman–Crippen LogP) is 2.52. The van der Waals surface area contributed by atoms with Crippen LogP contribution in [0.1, 0.15) is 25.7 Å². The molecule has 1 fully saturated rings. The topological polar surface area (TPSA) is 0 Å². The summed E-state index contributed by atoms with van der Waals surface area (Å²) in [6.45, 7) is 0. The normalized spacial score (nSPS) is 17.8. The van der Waals surface area contributed by atoms with Gasteiger partial charge in [-0.15, -0.1) is 11.8 Å². The van der Waals surface area contributed by atoms with Gasteiger partial charge in [-0.25, -0.2) is 0 Å². The minimum Gasteiger partial charge on any atom is -0.123 e. The maximum Gasteiger partial charge on any atom is 0.113 e. The Morgan fingerprint density at radius 1 is 1.08 bits per heavy atom. The van der Waals surface area contributed by atoms with Crippen LogP contribution in [-0.4, -0.2) is 13.1 Å². The van der Waals surface area contributed by atoms with Crippen molar-refractivity contribution in [1.29, 1.82) is 0 Å². The Kier molecular flexibility index (Phi) is 2.99. The molecule has 0 unspecified atom stereocenters. The van der Waals surface area contributed by atoms with Gasteiger partial charge in [0, 0.05) is 10.1 Å². The number of hydrogen-bond acceptors (Lipinski definition) is 1. The quantitative estimate of drug-likeness (QED) is 0.642. The van der Waals surface area contributed by atoms with E-state index in [0.29, 0.717) is 0 Å². The molecule has 1 aromatic carbocycles. The fourth-order valence-electron chi connectivity index (χ4n) is 1.75. The fraction of sp³-hybridized carbons (Fsp3) is 0.455. The summed E-state index contributed by atoms with van der Waals surface area (Å²) in [6.07, 6.45) is 5.59. The second-order valence-electron chi connectivity index (χ2n) is 3.59. The first kappa shape index (κ1) is 9.20. The maximum atomic E-state index is 5.63. The second-order valence-corrected chi connectivity index (χ2v) is 4.97. The van der Waals surface area contributed by atoms with Crippen LogP contribution in [-0.2, 0) is 0 Å². The molecule has 2 heteroatoms. The van der Waals surface area contributed by atoms with Crippen LogP contribution in [0.4, 0.5) is 0 Å². The lowest BCUT2D eigenvalue weighted by atomic mass is 9.97. The molecule has 0 aromatic heterocycles. The van der Waals surface area contributed by atoms with Gasteiger partial charge in [-0.05, 0) is 25.0 Å². The van der Waals surface area contributed by atoms with Gasteiger partial charge in [0.1, 0.15) is 7.85 Å². The van der Waals surface area contributed by atoms with Crippen LogP contribution in [0, 0.1) is 0 Å². The molecule has 0 amide bonds. The van der Waals surface area contributed by atoms with Gasteiger partial charge >= 0.3 is 0 Å². The van der Waals surface area contributed by atoms with Gasteiger partial charge in [-0.1, -0.05) is 30.4 Å². The summed E-state index contributed by atoms with van der Waals surface area (Å²) in [5, 5.41) is 0.851. The Hall–Kier alpha value is -0.365. The van der Waals surface area contributed by atoms with Gasteiger partial charge in [0.15, 0.2) is 0 Å². The zero-order valence-electron chi connectivity index (χ0n) is 7.70. The van der Waals surface area contributed by atoms with E-state index in [4.69, 9.17) is 7.85 Å². The molecule has 0 N–H and O–H groups in total. The Labute approximate surface area is 85.5 Å². The lowest BCUT2D eigenvalue weighted by Crippen LogP contribution is -2.00. The van der Waals surface area contributed by atoms with Crippen LogP contribution in [0.5, 0.6) is 0 Å². The van der Waals surface area contributed by atoms with Crippen molar-refractivity contribution < 1.29 is 0 Å². The van der Waals surface area contributed by atoms with Gasteiger partial charge in [0.25, 0.3) is 0 Å². The molecular formula is C11H13BS. The molecule has 1 aliphatic carbocycles. The van der Waals surface area contributed by atoms with E-state index in [1.54, 1.807) is 0 Å². The summed E-state index contributed by atoms with van der Waals surface area (Å²) in [6, 6.07) is 8.21. The molecule has 1 aliphatic rings. The molecule has 0 spiro atoms. The summed E-state index contributed by atoms with van der Waals surface area (Å²) in [7, 11) is 5.63. The molecule has 0 saturated heterocycles. The first-order valence-electron chi connectivity index (χ1n) is 4.87. The van der Waals surface area contributed by atoms with Crippen molar-refractivity contribution in [2.75, 3.05) is 0 Å². The van der Waals surface area contributed by atoms with Crippen molar-refractivity contribution in [3.8, 4) is 0 Å². The van der Waals surface area contributed by atoms with Crippen LogP contribution >= 0.6 is 11.8 Å². The van der Waals surface area contributed by atoms with Crippen LogP contribution < -0.4 is 5.46 Å². The largest absolute Gasteiger partial charge is 0.123 e. The highest BCUT2D eigenvalue weighted by Crippen LogP contribution is 2.34. The van der Waals surface area contributed by atoms with E-state index in [1.807, 2.05) is 23.9 Å². The van der Waals surface area contributed by atoms with Crippen molar-refractivity contribution >= 4 is 25.1 Å². The highest BCUT2D eigenvalue weighted by molar-refractivity contribution is 8.00. The summed E-state index contributed by atoms with van der Waals surface area (Å²) >= 11 is 2.00. The third-order valence-electron chi connectivity index (χ3n) is 2.49. The molecule has 2 rings (SSSR count). The summed E-state index contributed by atoms with van der Waals surface area (Å²) < 4.78 is 0. The molecule has 0 atom stereocenters. The lowest BCUT2D eigenvalue weighted by molar-refractivity contribution is 0.886. The molecule has 1 saturated carbocycles. The molecule has 1 aromatic rings. The Morgan fingerprint density at radius 3 is 2.31 bits per heavy atom. The summed E-state index contributed by atoms with van der Waals surface area (Å²) in [5.74, 6) is 0. The van der Waals surface area contributed by atoms with Crippen molar-refractivity contribution in [3.63, 3.8) is 0 Å². The number of benzene rings is 1. The number of rotatable bonds is 2. The van der Waals surface area contributed by atoms with E-state index in [1.165, 1.54) is 30.6 Å². The third kappa shape index (κ3) is 2.54. The van der Waals surface area contributed by atoms with Crippen molar-refractivity contribution in [2.24, 2.45) is 0 Å². The first-order valence-corrected chi connectivity index (χ1v) is 5.75. The Bertz CT molecular complexity index is 262. The minimum absolute atomic E-state index is 0.851. The van der Waals surface area contributed by atoms with Crippen LogP contribution in [0.2, 0.25) is 0 Å². The smallest absolute Gasteiger partial charge is 0.113 e. The molecular weight excluding hydrogens is 175 g/mol. The molecule has 2 radical (unpaired) electrons. The van der Waals surface area contributed by atoms with Crippen LogP contribution in [0.3, 0.4) is 0 Å². The Morgan fingerprint density at radius 2 is 1.69 bits per heavy atom. The summed E-state index contributed by atoms with van der Waals surface area (Å²) in [4.78, 5) is 1.36. The van der Waals surface area contributed by atoms with Crippen LogP contribution in [0.15, 0.2) is 29.2 Å². The average Bonchev–Trinajstić information content (AvgIpc) is 2.62. The highest BCUT2D eigenvalue weighted by Gasteiger charge is 2.15. The minimum atomic E-state index is 0.851. The molecule has 13 heavy (non-hydrogen) atoms. The van der Waals surface area contributed by atoms with E-state index < -0.39 is 0 Å². The number of hydrogen-bond donors (Lipinski definition) is 0. The third-order valence-corrected chi connectivity index (χ3v) is 3.83. The zero-order valence-corrected chi connectivity index (χ0v) is 8.52. The molecule has 66 valence electrons. The van der Waals surface area contributed by atoms with Gasteiger partial charge < -0.3 is 0 Å². The number of thioether (sulfide) groups is 1. The van der Waals surface area contributed by atoms with Gasteiger partial charge in [0.05, 0.1) is 0 Å². The zero-order chi connectivity index (χ0) is 9.10. The van der Waals surface area contributed by atoms with E-state index in [9.17, 15) is 0 Å². The van der Waals surface area contributed by atoms with Crippen LogP contribution in [0.25, 0.3) is 0 Å². The van der Waals surface area contributed by atoms with Crippen molar-refractivity contribution in [2.45, 2.75) is 35.8 Å². The van der Waals surface area contributed by atoms with Gasteiger partial charge in [-0.2, -0.15) is 0 Å². The molecule has 0 heterocycles. The first-order chi connectivity index (χ1) is 6.34. The molecule has 0 bridgehead atoms. The van der Waals surface area contributed by atoms with Crippen molar-refractivity contribution in [3.05, 3.63) is 24.3 Å². The van der Waals surface area contributed by atoms with Gasteiger partial charge in [-0.3, -0.25) is 0 Å². The van der Waals surface area contributed by atoms with E-state index in [-0.39, 0.29) is 0 Å². The Balaban J connectivity index is 1.97. The average molecular weight is 188 g/mol. The van der Waals surface area contributed by atoms with Gasteiger partial charge in [0.2, 0.25) is 0 Å². The fourth-order valence-corrected chi connectivity index (χ4v) is 2.99.